The molecule has 1 aromatic rings. The minimum Gasteiger partial charge on any atom is -0.398 e. The molecule has 0 saturated carbocycles. The van der Waals surface area contributed by atoms with Crippen molar-refractivity contribution in [2.45, 2.75) is 27.3 Å². The zero-order valence-corrected chi connectivity index (χ0v) is 12.7. The van der Waals surface area contributed by atoms with Crippen LogP contribution in [0.2, 0.25) is 0 Å². The van der Waals surface area contributed by atoms with E-state index >= 15 is 0 Å². The highest BCUT2D eigenvalue weighted by Gasteiger charge is 2.26. The maximum Gasteiger partial charge on any atom is 0.282 e. The molecule has 0 aliphatic heterocycles. The number of nitrogen functional groups attached to an aromatic ring is 1. The lowest BCUT2D eigenvalue weighted by Crippen LogP contribution is -2.43. The molecular weight excluding hydrogens is 262 g/mol. The Morgan fingerprint density at radius 3 is 2.00 bits per heavy atom. The summed E-state index contributed by atoms with van der Waals surface area (Å²) >= 11 is 0. The minimum absolute atomic E-state index is 0.308. The third-order valence-electron chi connectivity index (χ3n) is 3.11. The van der Waals surface area contributed by atoms with Crippen molar-refractivity contribution in [1.82, 2.24) is 8.61 Å². The second kappa shape index (κ2) is 6.88. The van der Waals surface area contributed by atoms with Gasteiger partial charge in [0, 0.05) is 31.9 Å². The van der Waals surface area contributed by atoms with Crippen molar-refractivity contribution in [3.63, 3.8) is 0 Å². The molecule has 0 aromatic heterocycles. The van der Waals surface area contributed by atoms with Crippen LogP contribution in [0.15, 0.2) is 24.3 Å². The number of anilines is 1. The minimum atomic E-state index is -3.42. The van der Waals surface area contributed by atoms with Gasteiger partial charge in [0.05, 0.1) is 0 Å². The van der Waals surface area contributed by atoms with E-state index in [0.29, 0.717) is 31.9 Å². The second-order valence-electron chi connectivity index (χ2n) is 4.22. The fourth-order valence-electron chi connectivity index (χ4n) is 1.94. The monoisotopic (exact) mass is 285 g/mol. The van der Waals surface area contributed by atoms with E-state index in [0.717, 1.165) is 5.56 Å². The lowest BCUT2D eigenvalue weighted by molar-refractivity contribution is 0.353. The van der Waals surface area contributed by atoms with Crippen LogP contribution in [-0.4, -0.2) is 36.7 Å². The Balaban J connectivity index is 2.99. The Morgan fingerprint density at radius 1 is 1.00 bits per heavy atom. The Hall–Kier alpha value is -1.11. The van der Waals surface area contributed by atoms with Crippen LogP contribution >= 0.6 is 0 Å². The van der Waals surface area contributed by atoms with Gasteiger partial charge in [-0.25, -0.2) is 0 Å². The highest BCUT2D eigenvalue weighted by atomic mass is 32.2. The highest BCUT2D eigenvalue weighted by molar-refractivity contribution is 7.86. The number of benzene rings is 1. The predicted octanol–water partition coefficient (Wildman–Crippen LogP) is 1.68. The summed E-state index contributed by atoms with van der Waals surface area (Å²) in [7, 11) is -3.42. The summed E-state index contributed by atoms with van der Waals surface area (Å²) < 4.78 is 27.8. The zero-order chi connectivity index (χ0) is 14.5. The molecule has 1 rings (SSSR count). The zero-order valence-electron chi connectivity index (χ0n) is 11.8. The Labute approximate surface area is 116 Å². The summed E-state index contributed by atoms with van der Waals surface area (Å²) in [5.41, 5.74) is 7.33. The van der Waals surface area contributed by atoms with Gasteiger partial charge in [-0.15, -0.1) is 0 Å². The van der Waals surface area contributed by atoms with Gasteiger partial charge in [0.2, 0.25) is 0 Å². The van der Waals surface area contributed by atoms with Crippen molar-refractivity contribution in [1.29, 1.82) is 0 Å². The normalized spacial score (nSPS) is 12.3. The first-order valence-electron chi connectivity index (χ1n) is 6.55. The van der Waals surface area contributed by atoms with Crippen LogP contribution in [0, 0.1) is 0 Å². The van der Waals surface area contributed by atoms with Crippen molar-refractivity contribution >= 4 is 15.9 Å². The van der Waals surface area contributed by atoms with Crippen molar-refractivity contribution in [2.24, 2.45) is 0 Å². The summed E-state index contributed by atoms with van der Waals surface area (Å²) in [6, 6.07) is 7.35. The number of hydrogen-bond donors (Lipinski definition) is 1. The summed E-state index contributed by atoms with van der Waals surface area (Å²) in [5, 5.41) is 0. The van der Waals surface area contributed by atoms with Crippen LogP contribution in [0.4, 0.5) is 5.69 Å². The summed E-state index contributed by atoms with van der Waals surface area (Å²) in [4.78, 5) is 0. The molecule has 0 bridgehead atoms. The topological polar surface area (TPSA) is 66.6 Å². The molecule has 0 amide bonds. The summed E-state index contributed by atoms with van der Waals surface area (Å²) in [6.45, 7) is 7.19. The molecule has 0 heterocycles. The van der Waals surface area contributed by atoms with E-state index in [-0.39, 0.29) is 0 Å². The average molecular weight is 285 g/mol. The van der Waals surface area contributed by atoms with Gasteiger partial charge < -0.3 is 5.73 Å². The molecule has 0 unspecified atom stereocenters. The Kier molecular flexibility index (Phi) is 5.78. The summed E-state index contributed by atoms with van der Waals surface area (Å²) in [5.74, 6) is 0. The molecule has 108 valence electrons. The molecule has 19 heavy (non-hydrogen) atoms. The SMILES string of the molecule is CCN(CC)S(=O)(=O)N(CC)Cc1ccccc1N. The Bertz CT molecular complexity index is 498. The van der Waals surface area contributed by atoms with Crippen LogP contribution in [0.3, 0.4) is 0 Å². The van der Waals surface area contributed by atoms with Gasteiger partial charge in [0.25, 0.3) is 10.2 Å². The van der Waals surface area contributed by atoms with Crippen LogP contribution in [0.25, 0.3) is 0 Å². The lowest BCUT2D eigenvalue weighted by atomic mass is 10.2. The second-order valence-corrected chi connectivity index (χ2v) is 6.15. The first-order valence-corrected chi connectivity index (χ1v) is 7.95. The predicted molar refractivity (Wildman–Crippen MR) is 78.8 cm³/mol. The van der Waals surface area contributed by atoms with E-state index in [2.05, 4.69) is 0 Å². The van der Waals surface area contributed by atoms with Crippen molar-refractivity contribution < 1.29 is 8.42 Å². The van der Waals surface area contributed by atoms with Gasteiger partial charge in [-0.1, -0.05) is 39.0 Å². The summed E-state index contributed by atoms with van der Waals surface area (Å²) in [6.07, 6.45) is 0. The molecule has 0 atom stereocenters. The van der Waals surface area contributed by atoms with Crippen LogP contribution in [0.1, 0.15) is 26.3 Å². The fourth-order valence-corrected chi connectivity index (χ4v) is 3.55. The molecule has 0 spiro atoms. The molecular formula is C13H23N3O2S. The van der Waals surface area contributed by atoms with Gasteiger partial charge in [0.15, 0.2) is 0 Å². The maximum atomic E-state index is 12.5. The molecule has 2 N–H and O–H groups in total. The van der Waals surface area contributed by atoms with E-state index in [1.807, 2.05) is 39.0 Å². The van der Waals surface area contributed by atoms with E-state index < -0.39 is 10.2 Å². The number of para-hydroxylation sites is 1. The molecule has 0 radical (unpaired) electrons. The molecule has 1 aromatic carbocycles. The van der Waals surface area contributed by atoms with Gasteiger partial charge in [-0.05, 0) is 11.6 Å². The van der Waals surface area contributed by atoms with Gasteiger partial charge in [-0.3, -0.25) is 0 Å². The third kappa shape index (κ3) is 3.68. The average Bonchev–Trinajstić information content (AvgIpc) is 2.38. The van der Waals surface area contributed by atoms with Crippen LogP contribution < -0.4 is 5.73 Å². The van der Waals surface area contributed by atoms with Crippen molar-refractivity contribution in [2.75, 3.05) is 25.4 Å². The largest absolute Gasteiger partial charge is 0.398 e. The maximum absolute atomic E-state index is 12.5. The highest BCUT2D eigenvalue weighted by Crippen LogP contribution is 2.17. The van der Waals surface area contributed by atoms with Crippen LogP contribution in [-0.2, 0) is 16.8 Å². The van der Waals surface area contributed by atoms with Crippen LogP contribution in [0.5, 0.6) is 0 Å². The Morgan fingerprint density at radius 2 is 1.53 bits per heavy atom. The molecule has 0 saturated heterocycles. The van der Waals surface area contributed by atoms with Gasteiger partial charge in [0.1, 0.15) is 0 Å². The first-order chi connectivity index (χ1) is 8.97. The molecule has 0 aliphatic carbocycles. The lowest BCUT2D eigenvalue weighted by Gasteiger charge is -2.28. The third-order valence-corrected chi connectivity index (χ3v) is 5.32. The van der Waals surface area contributed by atoms with E-state index in [1.165, 1.54) is 8.61 Å². The van der Waals surface area contributed by atoms with Crippen molar-refractivity contribution in [3.05, 3.63) is 29.8 Å². The number of hydrogen-bond acceptors (Lipinski definition) is 3. The fraction of sp³-hybridized carbons (Fsp3) is 0.538. The van der Waals surface area contributed by atoms with Gasteiger partial charge >= 0.3 is 0 Å². The van der Waals surface area contributed by atoms with E-state index in [1.54, 1.807) is 6.07 Å². The molecule has 0 fully saturated rings. The van der Waals surface area contributed by atoms with Gasteiger partial charge in [-0.2, -0.15) is 17.0 Å². The smallest absolute Gasteiger partial charge is 0.282 e. The first kappa shape index (κ1) is 15.9. The van der Waals surface area contributed by atoms with E-state index in [9.17, 15) is 8.42 Å². The number of nitrogens with zero attached hydrogens (tertiary/aromatic N) is 2. The molecule has 5 nitrogen and oxygen atoms in total. The van der Waals surface area contributed by atoms with E-state index in [4.69, 9.17) is 5.73 Å². The van der Waals surface area contributed by atoms with Crippen molar-refractivity contribution in [3.8, 4) is 0 Å². The molecule has 6 heteroatoms. The standard InChI is InChI=1S/C13H23N3O2S/c1-4-15(5-2)19(17,18)16(6-3)11-12-9-7-8-10-13(12)14/h7-10H,4-6,11,14H2,1-3H3. The quantitative estimate of drug-likeness (QED) is 0.775. The number of rotatable bonds is 7. The number of nitrogens with two attached hydrogens (primary N) is 1. The molecule has 0 aliphatic rings.